The molecule has 2 aromatic heterocycles. The lowest BCUT2D eigenvalue weighted by atomic mass is 10.1. The van der Waals surface area contributed by atoms with Crippen molar-refractivity contribution in [3.63, 3.8) is 0 Å². The Labute approximate surface area is 148 Å². The molecule has 0 amide bonds. The summed E-state index contributed by atoms with van der Waals surface area (Å²) >= 11 is 0. The smallest absolute Gasteiger partial charge is 0.433 e. The summed E-state index contributed by atoms with van der Waals surface area (Å²) in [6.45, 7) is 0. The summed E-state index contributed by atoms with van der Waals surface area (Å²) < 4.78 is 85.0. The molecule has 1 atom stereocenters. The van der Waals surface area contributed by atoms with Crippen molar-refractivity contribution < 1.29 is 31.1 Å². The van der Waals surface area contributed by atoms with Crippen LogP contribution in [0.4, 0.5) is 26.3 Å². The summed E-state index contributed by atoms with van der Waals surface area (Å²) in [6, 6.07) is 2.87. The highest BCUT2D eigenvalue weighted by Gasteiger charge is 2.47. The maximum Gasteiger partial charge on any atom is 0.433 e. The lowest BCUT2D eigenvalue weighted by Gasteiger charge is -2.19. The summed E-state index contributed by atoms with van der Waals surface area (Å²) in [6.07, 6.45) is -8.38. The fourth-order valence-electron chi connectivity index (χ4n) is 2.74. The van der Waals surface area contributed by atoms with E-state index in [1.807, 2.05) is 0 Å². The maximum atomic E-state index is 13.6. The molecule has 11 heteroatoms. The molecule has 1 aromatic carbocycles. The van der Waals surface area contributed by atoms with Crippen molar-refractivity contribution in [1.29, 1.82) is 0 Å². The van der Waals surface area contributed by atoms with Gasteiger partial charge in [-0.15, -0.1) is 0 Å². The summed E-state index contributed by atoms with van der Waals surface area (Å²) in [4.78, 5) is 3.95. The number of fused-ring (bicyclic) bond motifs is 1. The first kappa shape index (κ1) is 19.0. The third kappa shape index (κ3) is 3.29. The Hall–Kier alpha value is -2.82. The number of halogens is 6. The predicted octanol–water partition coefficient (Wildman–Crippen LogP) is 4.01. The predicted molar refractivity (Wildman–Crippen MR) is 83.4 cm³/mol. The molecule has 0 saturated heterocycles. The van der Waals surface area contributed by atoms with Crippen LogP contribution in [0.2, 0.25) is 0 Å². The number of nitrogens with zero attached hydrogens (tertiary/aromatic N) is 3. The van der Waals surface area contributed by atoms with Gasteiger partial charge in [-0.1, -0.05) is 6.07 Å². The van der Waals surface area contributed by atoms with Crippen molar-refractivity contribution in [1.82, 2.24) is 14.8 Å². The molecule has 0 saturated carbocycles. The van der Waals surface area contributed by atoms with Crippen LogP contribution in [0.15, 0.2) is 36.7 Å². The van der Waals surface area contributed by atoms with Gasteiger partial charge in [0.15, 0.2) is 5.69 Å². The maximum absolute atomic E-state index is 13.6. The van der Waals surface area contributed by atoms with E-state index in [9.17, 15) is 26.3 Å². The third-order valence-electron chi connectivity index (χ3n) is 3.92. The van der Waals surface area contributed by atoms with Crippen LogP contribution in [0.1, 0.15) is 17.3 Å². The van der Waals surface area contributed by atoms with E-state index in [-0.39, 0.29) is 17.0 Å². The molecule has 144 valence electrons. The average Bonchev–Trinajstić information content (AvgIpc) is 3.04. The Balaban J connectivity index is 2.31. The zero-order chi connectivity index (χ0) is 20.0. The minimum atomic E-state index is -5.12. The summed E-state index contributed by atoms with van der Waals surface area (Å²) in [5.41, 5.74) is 2.18. The first-order valence-corrected chi connectivity index (χ1v) is 7.45. The number of nitrogens with two attached hydrogens (primary N) is 1. The standard InChI is InChI=1S/C16H12F6N4O/c1-27-14-9-3-2-4-11(8(9)5-6-24-14)26-13(16(20,21)22)10(7-25-26)12(23)15(17,18)19/h2-7,12H,23H2,1H3. The molecule has 0 fully saturated rings. The summed E-state index contributed by atoms with van der Waals surface area (Å²) in [7, 11) is 1.34. The second-order valence-corrected chi connectivity index (χ2v) is 5.57. The fraction of sp³-hybridized carbons (Fsp3) is 0.250. The van der Waals surface area contributed by atoms with Gasteiger partial charge in [-0.05, 0) is 18.2 Å². The molecule has 0 aliphatic carbocycles. The SMILES string of the molecule is COc1nccc2c(-n3ncc(C(N)C(F)(F)F)c3C(F)(F)F)cccc12. The quantitative estimate of drug-likeness (QED) is 0.687. The molecule has 0 bridgehead atoms. The van der Waals surface area contributed by atoms with Crippen molar-refractivity contribution >= 4 is 10.8 Å². The van der Waals surface area contributed by atoms with Gasteiger partial charge in [-0.3, -0.25) is 0 Å². The fourth-order valence-corrected chi connectivity index (χ4v) is 2.74. The molecule has 1 unspecified atom stereocenters. The molecule has 3 rings (SSSR count). The van der Waals surface area contributed by atoms with E-state index in [0.717, 1.165) is 0 Å². The van der Waals surface area contributed by atoms with Crippen LogP contribution in [0, 0.1) is 0 Å². The van der Waals surface area contributed by atoms with E-state index >= 15 is 0 Å². The summed E-state index contributed by atoms with van der Waals surface area (Å²) in [5.74, 6) is 0.155. The first-order chi connectivity index (χ1) is 12.6. The van der Waals surface area contributed by atoms with Crippen molar-refractivity contribution in [2.45, 2.75) is 18.4 Å². The highest BCUT2D eigenvalue weighted by Crippen LogP contribution is 2.41. The van der Waals surface area contributed by atoms with Crippen LogP contribution in [-0.4, -0.2) is 28.1 Å². The topological polar surface area (TPSA) is 66.0 Å². The van der Waals surface area contributed by atoms with Crippen molar-refractivity contribution in [2.24, 2.45) is 5.73 Å². The molecule has 0 spiro atoms. The number of aromatic nitrogens is 3. The Morgan fingerprint density at radius 2 is 1.78 bits per heavy atom. The molecule has 27 heavy (non-hydrogen) atoms. The molecule has 5 nitrogen and oxygen atoms in total. The molecule has 2 N–H and O–H groups in total. The third-order valence-corrected chi connectivity index (χ3v) is 3.92. The normalized spacial score (nSPS) is 13.8. The highest BCUT2D eigenvalue weighted by molar-refractivity contribution is 5.93. The lowest BCUT2D eigenvalue weighted by Crippen LogP contribution is -2.30. The average molecular weight is 390 g/mol. The van der Waals surface area contributed by atoms with Crippen LogP contribution in [0.3, 0.4) is 0 Å². The van der Waals surface area contributed by atoms with Crippen molar-refractivity contribution in [2.75, 3.05) is 7.11 Å². The van der Waals surface area contributed by atoms with E-state index in [2.05, 4.69) is 10.1 Å². The Kier molecular flexibility index (Phi) is 4.50. The van der Waals surface area contributed by atoms with Gasteiger partial charge < -0.3 is 10.5 Å². The molecular formula is C16H12F6N4O. The van der Waals surface area contributed by atoms with Gasteiger partial charge in [0.2, 0.25) is 5.88 Å². The Morgan fingerprint density at radius 1 is 1.07 bits per heavy atom. The van der Waals surface area contributed by atoms with Crippen LogP contribution in [-0.2, 0) is 6.18 Å². The molecule has 0 aliphatic rings. The number of hydrogen-bond donors (Lipinski definition) is 1. The number of hydrogen-bond acceptors (Lipinski definition) is 4. The zero-order valence-electron chi connectivity index (χ0n) is 13.6. The number of alkyl halides is 6. The molecule has 0 radical (unpaired) electrons. The largest absolute Gasteiger partial charge is 0.481 e. The van der Waals surface area contributed by atoms with Crippen LogP contribution < -0.4 is 10.5 Å². The second kappa shape index (κ2) is 6.41. The highest BCUT2D eigenvalue weighted by atomic mass is 19.4. The van der Waals surface area contributed by atoms with Crippen molar-refractivity contribution in [3.8, 4) is 11.6 Å². The monoisotopic (exact) mass is 390 g/mol. The van der Waals surface area contributed by atoms with E-state index in [1.54, 1.807) is 6.07 Å². The van der Waals surface area contributed by atoms with Crippen LogP contribution in [0.5, 0.6) is 5.88 Å². The van der Waals surface area contributed by atoms with Gasteiger partial charge in [0.25, 0.3) is 0 Å². The number of ether oxygens (including phenoxy) is 1. The van der Waals surface area contributed by atoms with Gasteiger partial charge >= 0.3 is 12.4 Å². The Morgan fingerprint density at radius 3 is 2.37 bits per heavy atom. The lowest BCUT2D eigenvalue weighted by molar-refractivity contribution is -0.157. The van der Waals surface area contributed by atoms with Gasteiger partial charge in [-0.25, -0.2) is 9.67 Å². The molecule has 0 aliphatic heterocycles. The minimum absolute atomic E-state index is 0.0823. The van der Waals surface area contributed by atoms with Crippen molar-refractivity contribution in [3.05, 3.63) is 47.9 Å². The molecule has 2 heterocycles. The van der Waals surface area contributed by atoms with Gasteiger partial charge in [0.1, 0.15) is 6.04 Å². The van der Waals surface area contributed by atoms with Gasteiger partial charge in [-0.2, -0.15) is 31.4 Å². The number of rotatable bonds is 3. The number of methoxy groups -OCH3 is 1. The Bertz CT molecular complexity index is 979. The number of pyridine rings is 1. The van der Waals surface area contributed by atoms with Crippen LogP contribution in [0.25, 0.3) is 16.5 Å². The molecular weight excluding hydrogens is 378 g/mol. The second-order valence-electron chi connectivity index (χ2n) is 5.57. The van der Waals surface area contributed by atoms with Crippen LogP contribution >= 0.6 is 0 Å². The minimum Gasteiger partial charge on any atom is -0.481 e. The van der Waals surface area contributed by atoms with E-state index in [1.165, 1.54) is 31.5 Å². The van der Waals surface area contributed by atoms with E-state index in [4.69, 9.17) is 10.5 Å². The zero-order valence-corrected chi connectivity index (χ0v) is 13.6. The number of benzene rings is 1. The first-order valence-electron chi connectivity index (χ1n) is 7.45. The molecule has 3 aromatic rings. The van der Waals surface area contributed by atoms with Gasteiger partial charge in [0.05, 0.1) is 19.0 Å². The van der Waals surface area contributed by atoms with Gasteiger partial charge in [0, 0.05) is 22.5 Å². The van der Waals surface area contributed by atoms with E-state index in [0.29, 0.717) is 16.3 Å². The summed E-state index contributed by atoms with van der Waals surface area (Å²) in [5, 5.41) is 4.19. The van der Waals surface area contributed by atoms with E-state index < -0.39 is 29.7 Å².